The van der Waals surface area contributed by atoms with Crippen molar-refractivity contribution in [2.24, 2.45) is 0 Å². The molecule has 0 radical (unpaired) electrons. The van der Waals surface area contributed by atoms with Crippen molar-refractivity contribution >= 4 is 27.7 Å². The van der Waals surface area contributed by atoms with E-state index in [-0.39, 0.29) is 23.8 Å². The molecule has 0 bridgehead atoms. The van der Waals surface area contributed by atoms with Gasteiger partial charge in [-0.3, -0.25) is 9.59 Å². The number of carbonyl (C=O) groups excluding carboxylic acids is 2. The minimum absolute atomic E-state index is 0.00494. The summed E-state index contributed by atoms with van der Waals surface area (Å²) in [5.41, 5.74) is 0.670. The van der Waals surface area contributed by atoms with E-state index in [1.54, 1.807) is 32.4 Å². The van der Waals surface area contributed by atoms with Gasteiger partial charge in [0.15, 0.2) is 11.5 Å². The highest BCUT2D eigenvalue weighted by Gasteiger charge is 2.35. The number of benzene rings is 2. The predicted molar refractivity (Wildman–Crippen MR) is 128 cm³/mol. The molecule has 0 spiro atoms. The van der Waals surface area contributed by atoms with Crippen LogP contribution in [0.5, 0.6) is 23.0 Å². The lowest BCUT2D eigenvalue weighted by Gasteiger charge is -2.16. The molecule has 1 fully saturated rings. The van der Waals surface area contributed by atoms with E-state index in [1.165, 1.54) is 12.1 Å². The number of amides is 2. The van der Waals surface area contributed by atoms with Crippen LogP contribution in [0, 0.1) is 0 Å². The first-order chi connectivity index (χ1) is 16.7. The minimum Gasteiger partial charge on any atom is -0.506 e. The number of nitrogens with zero attached hydrogens (tertiary/aromatic N) is 1. The number of nitrogens with one attached hydrogen (secondary N) is 2. The van der Waals surface area contributed by atoms with Crippen LogP contribution in [0.3, 0.4) is 0 Å². The fourth-order valence-corrected chi connectivity index (χ4v) is 4.71. The Morgan fingerprint density at radius 2 is 1.91 bits per heavy atom. The van der Waals surface area contributed by atoms with Crippen LogP contribution in [-0.4, -0.2) is 59.3 Å². The summed E-state index contributed by atoms with van der Waals surface area (Å²) in [7, 11) is -0.892. The number of methoxy groups -OCH3 is 2. The summed E-state index contributed by atoms with van der Waals surface area (Å²) < 4.78 is 42.8. The Balaban J connectivity index is 1.37. The van der Waals surface area contributed by atoms with Crippen LogP contribution in [-0.2, 0) is 26.2 Å². The van der Waals surface area contributed by atoms with Crippen molar-refractivity contribution in [1.29, 1.82) is 0 Å². The lowest BCUT2D eigenvalue weighted by molar-refractivity contribution is -0.121. The van der Waals surface area contributed by atoms with E-state index in [4.69, 9.17) is 14.2 Å². The number of phenols is 1. The lowest BCUT2D eigenvalue weighted by Crippen LogP contribution is -2.29. The van der Waals surface area contributed by atoms with E-state index in [1.807, 2.05) is 10.8 Å². The Hall–Kier alpha value is -3.67. The van der Waals surface area contributed by atoms with Crippen molar-refractivity contribution in [3.05, 3.63) is 42.0 Å². The monoisotopic (exact) mass is 507 g/mol. The van der Waals surface area contributed by atoms with Crippen LogP contribution in [0.1, 0.15) is 24.8 Å². The molecule has 1 saturated heterocycles. The second kappa shape index (κ2) is 11.6. The van der Waals surface area contributed by atoms with E-state index >= 15 is 0 Å². The number of hydrogen-bond acceptors (Lipinski definition) is 8. The zero-order valence-corrected chi connectivity index (χ0v) is 20.4. The Kier molecular flexibility index (Phi) is 8.63. The number of aromatic hydroxyl groups is 1. The molecule has 3 rings (SSSR count). The Morgan fingerprint density at radius 3 is 2.57 bits per heavy atom. The van der Waals surface area contributed by atoms with Crippen molar-refractivity contribution in [2.75, 3.05) is 38.2 Å². The third kappa shape index (κ3) is 6.69. The van der Waals surface area contributed by atoms with Gasteiger partial charge in [-0.2, -0.15) is 8.42 Å². The molecular formula is C23H29N3O8S. The first kappa shape index (κ1) is 25.9. The van der Waals surface area contributed by atoms with Crippen LogP contribution in [0.15, 0.2) is 36.4 Å². The van der Waals surface area contributed by atoms with E-state index in [2.05, 4.69) is 5.32 Å². The van der Waals surface area contributed by atoms with E-state index < -0.39 is 22.7 Å². The highest BCUT2D eigenvalue weighted by atomic mass is 32.2. The van der Waals surface area contributed by atoms with Crippen LogP contribution in [0.4, 0.5) is 5.69 Å². The van der Waals surface area contributed by atoms with Crippen molar-refractivity contribution in [1.82, 2.24) is 10.0 Å². The number of unbranched alkanes of at least 4 members (excludes halogenated alkanes) is 1. The van der Waals surface area contributed by atoms with Crippen LogP contribution in [0.2, 0.25) is 0 Å². The first-order valence-corrected chi connectivity index (χ1v) is 12.4. The fourth-order valence-electron chi connectivity index (χ4n) is 3.55. The fraction of sp³-hybridized carbons (Fsp3) is 0.391. The quantitative estimate of drug-likeness (QED) is 0.367. The van der Waals surface area contributed by atoms with Gasteiger partial charge in [0.1, 0.15) is 12.3 Å². The minimum atomic E-state index is -4.00. The van der Waals surface area contributed by atoms with Gasteiger partial charge in [0, 0.05) is 13.0 Å². The van der Waals surface area contributed by atoms with E-state index in [0.717, 1.165) is 17.1 Å². The smallest absolute Gasteiger partial charge is 0.326 e. The molecule has 0 saturated carbocycles. The highest BCUT2D eigenvalue weighted by Crippen LogP contribution is 2.36. The molecule has 12 heteroatoms. The molecule has 1 heterocycles. The number of hydrogen-bond donors (Lipinski definition) is 3. The van der Waals surface area contributed by atoms with E-state index in [9.17, 15) is 23.1 Å². The molecule has 0 atom stereocenters. The summed E-state index contributed by atoms with van der Waals surface area (Å²) in [4.78, 5) is 23.5. The zero-order chi connectivity index (χ0) is 25.4. The molecule has 2 aromatic rings. The molecule has 0 aliphatic carbocycles. The van der Waals surface area contributed by atoms with Gasteiger partial charge in [-0.15, -0.1) is 0 Å². The summed E-state index contributed by atoms with van der Waals surface area (Å²) in [6.07, 6.45) is 2.03. The third-order valence-corrected chi connectivity index (χ3v) is 6.68. The largest absolute Gasteiger partial charge is 0.506 e. The van der Waals surface area contributed by atoms with Gasteiger partial charge in [-0.25, -0.2) is 9.03 Å². The predicted octanol–water partition coefficient (Wildman–Crippen LogP) is 1.50. The lowest BCUT2D eigenvalue weighted by atomic mass is 10.1. The Bertz CT molecular complexity index is 1170. The second-order valence-corrected chi connectivity index (χ2v) is 9.35. The van der Waals surface area contributed by atoms with Crippen LogP contribution < -0.4 is 28.6 Å². The molecule has 1 aliphatic heterocycles. The average molecular weight is 508 g/mol. The highest BCUT2D eigenvalue weighted by molar-refractivity contribution is 7.92. The van der Waals surface area contributed by atoms with Crippen LogP contribution in [0.25, 0.3) is 0 Å². The summed E-state index contributed by atoms with van der Waals surface area (Å²) in [6.45, 7) is 0.560. The standard InChI is InChI=1S/C23H29N3O8S/c1-32-19-6-5-7-20(23(19)33-2)34-13-4-3-12-24-21(28)11-9-16-8-10-17(18(27)14-16)26-15-22(29)25-35(26,30)31/h5-8,10,14,27H,3-4,9,11-13,15H2,1-2H3,(H,24,28)(H,25,29). The van der Waals surface area contributed by atoms with Crippen molar-refractivity contribution in [3.8, 4) is 23.0 Å². The third-order valence-electron chi connectivity index (χ3n) is 5.29. The summed E-state index contributed by atoms with van der Waals surface area (Å²) in [6, 6.07) is 9.83. The molecule has 1 aliphatic rings. The number of rotatable bonds is 12. The van der Waals surface area contributed by atoms with Crippen molar-refractivity contribution in [3.63, 3.8) is 0 Å². The van der Waals surface area contributed by atoms with Gasteiger partial charge < -0.3 is 24.6 Å². The number of anilines is 1. The maximum absolute atomic E-state index is 12.1. The van der Waals surface area contributed by atoms with Crippen molar-refractivity contribution in [2.45, 2.75) is 25.7 Å². The van der Waals surface area contributed by atoms with Gasteiger partial charge in [0.05, 0.1) is 26.5 Å². The summed E-state index contributed by atoms with van der Waals surface area (Å²) in [5.74, 6) is 0.631. The maximum Gasteiger partial charge on any atom is 0.326 e. The second-order valence-electron chi connectivity index (χ2n) is 7.76. The Morgan fingerprint density at radius 1 is 1.14 bits per heavy atom. The first-order valence-electron chi connectivity index (χ1n) is 11.0. The molecule has 35 heavy (non-hydrogen) atoms. The SMILES string of the molecule is COc1cccc(OCCCCNC(=O)CCc2ccc(N3CC(=O)NS3(=O)=O)c(O)c2)c1OC. The van der Waals surface area contributed by atoms with Gasteiger partial charge in [-0.05, 0) is 49.1 Å². The van der Waals surface area contributed by atoms with Gasteiger partial charge in [-0.1, -0.05) is 12.1 Å². The maximum atomic E-state index is 12.1. The summed E-state index contributed by atoms with van der Waals surface area (Å²) in [5, 5.41) is 13.1. The molecule has 11 nitrogen and oxygen atoms in total. The molecule has 3 N–H and O–H groups in total. The van der Waals surface area contributed by atoms with Gasteiger partial charge >= 0.3 is 10.2 Å². The van der Waals surface area contributed by atoms with E-state index in [0.29, 0.717) is 42.4 Å². The number of para-hydroxylation sites is 1. The molecule has 0 unspecified atom stereocenters. The van der Waals surface area contributed by atoms with Gasteiger partial charge in [0.2, 0.25) is 11.7 Å². The molecule has 0 aromatic heterocycles. The van der Waals surface area contributed by atoms with Crippen molar-refractivity contribution < 1.29 is 37.3 Å². The molecular weight excluding hydrogens is 478 g/mol. The molecule has 2 amide bonds. The normalized spacial score (nSPS) is 14.3. The summed E-state index contributed by atoms with van der Waals surface area (Å²) >= 11 is 0. The zero-order valence-electron chi connectivity index (χ0n) is 19.6. The Labute approximate surface area is 204 Å². The number of carbonyl (C=O) groups is 2. The molecule has 190 valence electrons. The van der Waals surface area contributed by atoms with Gasteiger partial charge in [0.25, 0.3) is 5.91 Å². The number of aryl methyl sites for hydroxylation is 1. The number of phenolic OH excluding ortho intramolecular Hbond substituents is 1. The molecule has 2 aromatic carbocycles. The average Bonchev–Trinajstić information content (AvgIpc) is 3.10. The number of ether oxygens (including phenoxy) is 3. The topological polar surface area (TPSA) is 143 Å². The van der Waals surface area contributed by atoms with Crippen LogP contribution >= 0.6 is 0 Å².